The molecule has 0 saturated carbocycles. The molecule has 0 aliphatic carbocycles. The summed E-state index contributed by atoms with van der Waals surface area (Å²) in [4.78, 5) is 0. The summed E-state index contributed by atoms with van der Waals surface area (Å²) in [7, 11) is 0. The van der Waals surface area contributed by atoms with Gasteiger partial charge in [-0.1, -0.05) is 23.7 Å². The van der Waals surface area contributed by atoms with Gasteiger partial charge in [-0.05, 0) is 26.0 Å². The molecule has 0 radical (unpaired) electrons. The summed E-state index contributed by atoms with van der Waals surface area (Å²) in [5.74, 6) is 0.657. The number of para-hydroxylation sites is 1. The smallest absolute Gasteiger partial charge is 0.189 e. The van der Waals surface area contributed by atoms with E-state index in [1.54, 1.807) is 6.07 Å². The number of hydrogen-bond acceptors (Lipinski definition) is 2. The Labute approximate surface area is 83.4 Å². The maximum atomic E-state index is 5.86. The largest absolute Gasteiger partial charge is 0.466 e. The van der Waals surface area contributed by atoms with Crippen LogP contribution in [0.5, 0.6) is 5.75 Å². The lowest BCUT2D eigenvalue weighted by Gasteiger charge is -2.10. The molecule has 0 bridgehead atoms. The van der Waals surface area contributed by atoms with Gasteiger partial charge in [0.2, 0.25) is 0 Å². The van der Waals surface area contributed by atoms with E-state index < -0.39 is 0 Å². The van der Waals surface area contributed by atoms with Crippen LogP contribution < -0.4 is 4.74 Å². The van der Waals surface area contributed by atoms with Gasteiger partial charge in [0.05, 0.1) is 11.1 Å². The summed E-state index contributed by atoms with van der Waals surface area (Å²) in [5, 5.41) is 0.606. The Kier molecular flexibility index (Phi) is 4.06. The van der Waals surface area contributed by atoms with Crippen LogP contribution in [0.2, 0.25) is 5.02 Å². The van der Waals surface area contributed by atoms with Gasteiger partial charge in [-0.3, -0.25) is 0 Å². The molecule has 0 heterocycles. The fraction of sp³-hybridized carbons (Fsp3) is 0.400. The second-order valence-electron chi connectivity index (χ2n) is 2.91. The zero-order valence-corrected chi connectivity index (χ0v) is 8.54. The lowest BCUT2D eigenvalue weighted by Crippen LogP contribution is -2.09. The van der Waals surface area contributed by atoms with Crippen molar-refractivity contribution >= 4 is 11.6 Å². The summed E-state index contributed by atoms with van der Waals surface area (Å²) in [6.07, 6.45) is 0.169. The van der Waals surface area contributed by atoms with Crippen molar-refractivity contribution in [3.8, 4) is 5.75 Å². The fourth-order valence-electron chi connectivity index (χ4n) is 0.795. The SMILES string of the molecule is CC(C)OCOc1ccccc1Cl. The average molecular weight is 201 g/mol. The third kappa shape index (κ3) is 3.66. The van der Waals surface area contributed by atoms with Gasteiger partial charge in [0, 0.05) is 0 Å². The summed E-state index contributed by atoms with van der Waals surface area (Å²) < 4.78 is 10.5. The zero-order chi connectivity index (χ0) is 9.68. The second-order valence-corrected chi connectivity index (χ2v) is 3.32. The standard InChI is InChI=1S/C10H13ClO2/c1-8(2)12-7-13-10-6-4-3-5-9(10)11/h3-6,8H,7H2,1-2H3. The average Bonchev–Trinajstić information content (AvgIpc) is 2.08. The van der Waals surface area contributed by atoms with Crippen LogP contribution in [-0.4, -0.2) is 12.9 Å². The summed E-state index contributed by atoms with van der Waals surface area (Å²) in [6.45, 7) is 4.15. The van der Waals surface area contributed by atoms with Gasteiger partial charge in [0.25, 0.3) is 0 Å². The van der Waals surface area contributed by atoms with Gasteiger partial charge >= 0.3 is 0 Å². The molecule has 0 saturated heterocycles. The Morgan fingerprint density at radius 1 is 1.31 bits per heavy atom. The van der Waals surface area contributed by atoms with E-state index in [4.69, 9.17) is 21.1 Å². The maximum Gasteiger partial charge on any atom is 0.189 e. The van der Waals surface area contributed by atoms with Crippen molar-refractivity contribution < 1.29 is 9.47 Å². The Morgan fingerprint density at radius 3 is 2.62 bits per heavy atom. The highest BCUT2D eigenvalue weighted by Crippen LogP contribution is 2.22. The third-order valence-corrected chi connectivity index (χ3v) is 1.76. The topological polar surface area (TPSA) is 18.5 Å². The molecule has 1 rings (SSSR count). The summed E-state index contributed by atoms with van der Waals surface area (Å²) >= 11 is 5.86. The molecule has 0 unspecified atom stereocenters. The number of ether oxygens (including phenoxy) is 2. The van der Waals surface area contributed by atoms with Crippen LogP contribution in [0.1, 0.15) is 13.8 Å². The zero-order valence-electron chi connectivity index (χ0n) is 7.79. The first-order valence-corrected chi connectivity index (χ1v) is 4.57. The molecule has 2 nitrogen and oxygen atoms in total. The summed E-state index contributed by atoms with van der Waals surface area (Å²) in [6, 6.07) is 7.33. The van der Waals surface area contributed by atoms with Crippen molar-refractivity contribution in [2.24, 2.45) is 0 Å². The molecular formula is C10H13ClO2. The van der Waals surface area contributed by atoms with Crippen LogP contribution in [0.25, 0.3) is 0 Å². The molecule has 13 heavy (non-hydrogen) atoms. The predicted molar refractivity (Wildman–Crippen MR) is 53.2 cm³/mol. The van der Waals surface area contributed by atoms with E-state index in [1.807, 2.05) is 32.0 Å². The lowest BCUT2D eigenvalue weighted by atomic mass is 10.3. The van der Waals surface area contributed by atoms with Crippen LogP contribution >= 0.6 is 11.6 Å². The Balaban J connectivity index is 2.41. The highest BCUT2D eigenvalue weighted by atomic mass is 35.5. The van der Waals surface area contributed by atoms with Gasteiger partial charge in [0.1, 0.15) is 5.75 Å². The first-order valence-electron chi connectivity index (χ1n) is 4.19. The van der Waals surface area contributed by atoms with Crippen molar-refractivity contribution in [2.75, 3.05) is 6.79 Å². The van der Waals surface area contributed by atoms with Crippen molar-refractivity contribution in [1.82, 2.24) is 0 Å². The van der Waals surface area contributed by atoms with E-state index in [0.29, 0.717) is 10.8 Å². The second kappa shape index (κ2) is 5.10. The highest BCUT2D eigenvalue weighted by Gasteiger charge is 1.99. The molecule has 1 aromatic carbocycles. The monoisotopic (exact) mass is 200 g/mol. The molecule has 3 heteroatoms. The first kappa shape index (κ1) is 10.4. The fourth-order valence-corrected chi connectivity index (χ4v) is 0.986. The molecule has 0 amide bonds. The molecule has 72 valence electrons. The van der Waals surface area contributed by atoms with Gasteiger partial charge < -0.3 is 9.47 Å². The van der Waals surface area contributed by atoms with Crippen molar-refractivity contribution in [1.29, 1.82) is 0 Å². The molecule has 1 aromatic rings. The number of rotatable bonds is 4. The van der Waals surface area contributed by atoms with E-state index in [1.165, 1.54) is 0 Å². The highest BCUT2D eigenvalue weighted by molar-refractivity contribution is 6.32. The van der Waals surface area contributed by atoms with Gasteiger partial charge in [-0.25, -0.2) is 0 Å². The van der Waals surface area contributed by atoms with Gasteiger partial charge in [-0.2, -0.15) is 0 Å². The first-order chi connectivity index (χ1) is 6.20. The number of benzene rings is 1. The van der Waals surface area contributed by atoms with Crippen molar-refractivity contribution in [3.05, 3.63) is 29.3 Å². The minimum Gasteiger partial charge on any atom is -0.466 e. The Hall–Kier alpha value is -0.730. The number of hydrogen-bond donors (Lipinski definition) is 0. The van der Waals surface area contributed by atoms with Crippen LogP contribution in [0.4, 0.5) is 0 Å². The van der Waals surface area contributed by atoms with Crippen molar-refractivity contribution in [2.45, 2.75) is 20.0 Å². The number of halogens is 1. The Morgan fingerprint density at radius 2 is 2.00 bits per heavy atom. The van der Waals surface area contributed by atoms with Crippen molar-refractivity contribution in [3.63, 3.8) is 0 Å². The lowest BCUT2D eigenvalue weighted by molar-refractivity contribution is -0.0199. The van der Waals surface area contributed by atoms with Crippen LogP contribution in [0.3, 0.4) is 0 Å². The van der Waals surface area contributed by atoms with Gasteiger partial charge in [0.15, 0.2) is 6.79 Å². The maximum absolute atomic E-state index is 5.86. The van der Waals surface area contributed by atoms with E-state index in [-0.39, 0.29) is 12.9 Å². The van der Waals surface area contributed by atoms with Gasteiger partial charge in [-0.15, -0.1) is 0 Å². The normalized spacial score (nSPS) is 10.5. The molecule has 0 fully saturated rings. The molecule has 0 aliphatic heterocycles. The van der Waals surface area contributed by atoms with Crippen LogP contribution in [0, 0.1) is 0 Å². The molecular weight excluding hydrogens is 188 g/mol. The van der Waals surface area contributed by atoms with E-state index >= 15 is 0 Å². The van der Waals surface area contributed by atoms with E-state index in [0.717, 1.165) is 0 Å². The third-order valence-electron chi connectivity index (χ3n) is 1.45. The minimum absolute atomic E-state index is 0.169. The molecule has 0 spiro atoms. The van der Waals surface area contributed by atoms with E-state index in [2.05, 4.69) is 0 Å². The molecule has 0 N–H and O–H groups in total. The Bertz CT molecular complexity index is 261. The quantitative estimate of drug-likeness (QED) is 0.696. The molecule has 0 atom stereocenters. The predicted octanol–water partition coefficient (Wildman–Crippen LogP) is 3.10. The summed E-state index contributed by atoms with van der Waals surface area (Å²) in [5.41, 5.74) is 0. The molecule has 0 aromatic heterocycles. The van der Waals surface area contributed by atoms with Crippen LogP contribution in [0.15, 0.2) is 24.3 Å². The van der Waals surface area contributed by atoms with E-state index in [9.17, 15) is 0 Å². The minimum atomic E-state index is 0.169. The molecule has 0 aliphatic rings. The van der Waals surface area contributed by atoms with Crippen LogP contribution in [-0.2, 0) is 4.74 Å².